The molecule has 5 nitrogen and oxygen atoms in total. The lowest BCUT2D eigenvalue weighted by Crippen LogP contribution is -2.07. The van der Waals surface area contributed by atoms with Crippen LogP contribution in [0.2, 0.25) is 0 Å². The molecule has 0 bridgehead atoms. The molecule has 114 valence electrons. The lowest BCUT2D eigenvalue weighted by molar-refractivity contribution is 0.155. The fraction of sp³-hybridized carbons (Fsp3) is 0.357. The van der Waals surface area contributed by atoms with E-state index in [2.05, 4.69) is 10.5 Å². The van der Waals surface area contributed by atoms with E-state index >= 15 is 0 Å². The summed E-state index contributed by atoms with van der Waals surface area (Å²) < 4.78 is 42.6. The van der Waals surface area contributed by atoms with Crippen LogP contribution in [0.5, 0.6) is 5.75 Å². The molecule has 0 saturated carbocycles. The number of halogens is 2. The SMILES string of the molecule is CNCc1cc(F)c(OCc2cc(COC)on2)c(F)c1. The first-order valence-corrected chi connectivity index (χ1v) is 6.32. The van der Waals surface area contributed by atoms with Crippen LogP contribution in [0.4, 0.5) is 8.78 Å². The molecule has 0 amide bonds. The lowest BCUT2D eigenvalue weighted by atomic mass is 10.2. The Kier molecular flexibility index (Phi) is 5.24. The Bertz CT molecular complexity index is 579. The second-order valence-electron chi connectivity index (χ2n) is 4.43. The molecule has 0 aliphatic rings. The first kappa shape index (κ1) is 15.4. The average molecular weight is 298 g/mol. The minimum Gasteiger partial charge on any atom is -0.481 e. The maximum absolute atomic E-state index is 13.8. The maximum atomic E-state index is 13.8. The zero-order valence-electron chi connectivity index (χ0n) is 11.8. The minimum absolute atomic E-state index is 0.0908. The summed E-state index contributed by atoms with van der Waals surface area (Å²) in [4.78, 5) is 0. The van der Waals surface area contributed by atoms with Crippen molar-refractivity contribution in [2.75, 3.05) is 14.2 Å². The first-order valence-electron chi connectivity index (χ1n) is 6.32. The summed E-state index contributed by atoms with van der Waals surface area (Å²) in [6.45, 7) is 0.554. The largest absolute Gasteiger partial charge is 0.481 e. The van der Waals surface area contributed by atoms with Crippen LogP contribution in [0.3, 0.4) is 0 Å². The van der Waals surface area contributed by atoms with Crippen molar-refractivity contribution in [2.45, 2.75) is 19.8 Å². The highest BCUT2D eigenvalue weighted by molar-refractivity contribution is 5.31. The summed E-state index contributed by atoms with van der Waals surface area (Å²) in [5.74, 6) is -1.41. The van der Waals surface area contributed by atoms with Crippen molar-refractivity contribution < 1.29 is 22.8 Å². The van der Waals surface area contributed by atoms with Crippen LogP contribution in [0.15, 0.2) is 22.7 Å². The Labute approximate surface area is 120 Å². The molecule has 0 radical (unpaired) electrons. The van der Waals surface area contributed by atoms with Crippen molar-refractivity contribution >= 4 is 0 Å². The molecule has 0 aliphatic carbocycles. The molecule has 0 atom stereocenters. The monoisotopic (exact) mass is 298 g/mol. The molecule has 7 heteroatoms. The Hall–Kier alpha value is -1.99. The second-order valence-corrected chi connectivity index (χ2v) is 4.43. The first-order chi connectivity index (χ1) is 10.1. The van der Waals surface area contributed by atoms with E-state index in [1.54, 1.807) is 13.1 Å². The molecule has 0 unspecified atom stereocenters. The van der Waals surface area contributed by atoms with Crippen LogP contribution in [0.1, 0.15) is 17.0 Å². The number of hydrogen-bond acceptors (Lipinski definition) is 5. The number of nitrogens with one attached hydrogen (secondary N) is 1. The van der Waals surface area contributed by atoms with Gasteiger partial charge in [-0.05, 0) is 24.7 Å². The molecule has 1 aromatic carbocycles. The molecule has 0 fully saturated rings. The second kappa shape index (κ2) is 7.14. The predicted molar refractivity (Wildman–Crippen MR) is 70.7 cm³/mol. The highest BCUT2D eigenvalue weighted by Crippen LogP contribution is 2.24. The molecule has 0 aliphatic heterocycles. The third-order valence-corrected chi connectivity index (χ3v) is 2.70. The van der Waals surface area contributed by atoms with Crippen LogP contribution in [-0.2, 0) is 24.5 Å². The smallest absolute Gasteiger partial charge is 0.191 e. The van der Waals surface area contributed by atoms with E-state index in [4.69, 9.17) is 14.0 Å². The summed E-state index contributed by atoms with van der Waals surface area (Å²) in [6, 6.07) is 4.07. The van der Waals surface area contributed by atoms with E-state index in [9.17, 15) is 8.78 Å². The lowest BCUT2D eigenvalue weighted by Gasteiger charge is -2.08. The molecule has 1 aromatic heterocycles. The summed E-state index contributed by atoms with van der Waals surface area (Å²) in [5.41, 5.74) is 0.934. The summed E-state index contributed by atoms with van der Waals surface area (Å²) in [7, 11) is 3.22. The van der Waals surface area contributed by atoms with Crippen molar-refractivity contribution in [3.05, 3.63) is 46.9 Å². The van der Waals surface area contributed by atoms with Crippen LogP contribution >= 0.6 is 0 Å². The van der Waals surface area contributed by atoms with Gasteiger partial charge in [-0.25, -0.2) is 8.78 Å². The number of aromatic nitrogens is 1. The standard InChI is InChI=1S/C14H16F2N2O3/c1-17-6-9-3-12(15)14(13(16)4-9)20-7-10-5-11(8-19-2)21-18-10/h3-5,17H,6-8H2,1-2H3. The van der Waals surface area contributed by atoms with Gasteiger partial charge in [0.15, 0.2) is 23.1 Å². The summed E-state index contributed by atoms with van der Waals surface area (Å²) in [6.07, 6.45) is 0. The van der Waals surface area contributed by atoms with E-state index in [0.717, 1.165) is 0 Å². The third kappa shape index (κ3) is 3.99. The Balaban J connectivity index is 2.05. The number of methoxy groups -OCH3 is 1. The number of ether oxygens (including phenoxy) is 2. The topological polar surface area (TPSA) is 56.5 Å². The van der Waals surface area contributed by atoms with Crippen LogP contribution < -0.4 is 10.1 Å². The molecule has 0 spiro atoms. The van der Waals surface area contributed by atoms with Crippen LogP contribution in [0.25, 0.3) is 0 Å². The summed E-state index contributed by atoms with van der Waals surface area (Å²) >= 11 is 0. The van der Waals surface area contributed by atoms with E-state index < -0.39 is 17.4 Å². The quantitative estimate of drug-likeness (QED) is 0.850. The van der Waals surface area contributed by atoms with Crippen molar-refractivity contribution in [3.63, 3.8) is 0 Å². The molecular weight excluding hydrogens is 282 g/mol. The average Bonchev–Trinajstić information content (AvgIpc) is 2.86. The zero-order chi connectivity index (χ0) is 15.2. The normalized spacial score (nSPS) is 10.9. The van der Waals surface area contributed by atoms with Gasteiger partial charge in [0.2, 0.25) is 0 Å². The van der Waals surface area contributed by atoms with Crippen molar-refractivity contribution in [3.8, 4) is 5.75 Å². The number of rotatable bonds is 7. The third-order valence-electron chi connectivity index (χ3n) is 2.70. The van der Waals surface area contributed by atoms with E-state index in [-0.39, 0.29) is 13.2 Å². The number of benzene rings is 1. The fourth-order valence-electron chi connectivity index (χ4n) is 1.84. The van der Waals surface area contributed by atoms with Crippen LogP contribution in [-0.4, -0.2) is 19.3 Å². The molecule has 1 heterocycles. The van der Waals surface area contributed by atoms with Gasteiger partial charge < -0.3 is 19.3 Å². The van der Waals surface area contributed by atoms with Crippen LogP contribution in [0, 0.1) is 11.6 Å². The van der Waals surface area contributed by atoms with Crippen molar-refractivity contribution in [1.29, 1.82) is 0 Å². The highest BCUT2D eigenvalue weighted by Gasteiger charge is 2.14. The Morgan fingerprint density at radius 3 is 2.52 bits per heavy atom. The number of hydrogen-bond donors (Lipinski definition) is 1. The van der Waals surface area contributed by atoms with Gasteiger partial charge in [-0.2, -0.15) is 0 Å². The molecular formula is C14H16F2N2O3. The molecule has 0 saturated heterocycles. The van der Waals surface area contributed by atoms with Gasteiger partial charge in [-0.15, -0.1) is 0 Å². The summed E-state index contributed by atoms with van der Waals surface area (Å²) in [5, 5.41) is 6.54. The predicted octanol–water partition coefficient (Wildman–Crippen LogP) is 2.40. The highest BCUT2D eigenvalue weighted by atomic mass is 19.1. The fourth-order valence-corrected chi connectivity index (χ4v) is 1.84. The van der Waals surface area contributed by atoms with Gasteiger partial charge in [-0.1, -0.05) is 5.16 Å². The van der Waals surface area contributed by atoms with E-state index in [0.29, 0.717) is 23.6 Å². The molecule has 2 rings (SSSR count). The Morgan fingerprint density at radius 1 is 1.19 bits per heavy atom. The zero-order valence-corrected chi connectivity index (χ0v) is 11.8. The molecule has 21 heavy (non-hydrogen) atoms. The minimum atomic E-state index is -0.749. The van der Waals surface area contributed by atoms with Gasteiger partial charge in [0.05, 0.1) is 0 Å². The van der Waals surface area contributed by atoms with Gasteiger partial charge >= 0.3 is 0 Å². The van der Waals surface area contributed by atoms with Gasteiger partial charge in [0.25, 0.3) is 0 Å². The number of nitrogens with zero attached hydrogens (tertiary/aromatic N) is 1. The van der Waals surface area contributed by atoms with Gasteiger partial charge in [-0.3, -0.25) is 0 Å². The van der Waals surface area contributed by atoms with Gasteiger partial charge in [0.1, 0.15) is 18.9 Å². The van der Waals surface area contributed by atoms with Crippen molar-refractivity contribution in [2.24, 2.45) is 0 Å². The van der Waals surface area contributed by atoms with E-state index in [1.165, 1.54) is 19.2 Å². The Morgan fingerprint density at radius 2 is 1.90 bits per heavy atom. The van der Waals surface area contributed by atoms with Crippen molar-refractivity contribution in [1.82, 2.24) is 10.5 Å². The maximum Gasteiger partial charge on any atom is 0.191 e. The van der Waals surface area contributed by atoms with E-state index in [1.807, 2.05) is 0 Å². The molecule has 1 N–H and O–H groups in total. The van der Waals surface area contributed by atoms with Gasteiger partial charge in [0, 0.05) is 19.7 Å². The molecule has 2 aromatic rings.